The molecule has 1 aliphatic carbocycles. The minimum Gasteiger partial charge on any atom is -0.481 e. The van der Waals surface area contributed by atoms with Crippen LogP contribution in [0.1, 0.15) is 39.5 Å². The van der Waals surface area contributed by atoms with E-state index >= 15 is 0 Å². The molecule has 1 aliphatic heterocycles. The summed E-state index contributed by atoms with van der Waals surface area (Å²) < 4.78 is 5.41. The molecule has 1 saturated carbocycles. The van der Waals surface area contributed by atoms with Crippen LogP contribution < -0.4 is 0 Å². The van der Waals surface area contributed by atoms with Gasteiger partial charge in [-0.15, -0.1) is 0 Å². The number of rotatable bonds is 4. The molecule has 4 heteroatoms. The van der Waals surface area contributed by atoms with Gasteiger partial charge in [-0.2, -0.15) is 0 Å². The van der Waals surface area contributed by atoms with E-state index in [9.17, 15) is 9.90 Å². The average Bonchev–Trinajstić information content (AvgIpc) is 2.79. The number of hydrogen-bond acceptors (Lipinski definition) is 3. The zero-order valence-electron chi connectivity index (χ0n) is 11.5. The van der Waals surface area contributed by atoms with Gasteiger partial charge < -0.3 is 9.84 Å². The first-order valence-electron chi connectivity index (χ1n) is 7.19. The third-order valence-electron chi connectivity index (χ3n) is 4.54. The first-order valence-corrected chi connectivity index (χ1v) is 7.19. The standard InChI is InChI=1S/C14H25NO3/c1-3-15(11-6-4-5-10(2)7-11)13-9-18-8-12(13)14(16)17/h10-13H,3-9H2,1-2H3,(H,16,17). The van der Waals surface area contributed by atoms with Gasteiger partial charge in [0.25, 0.3) is 0 Å². The van der Waals surface area contributed by atoms with Crippen LogP contribution in [0, 0.1) is 11.8 Å². The van der Waals surface area contributed by atoms with E-state index in [1.54, 1.807) is 0 Å². The highest BCUT2D eigenvalue weighted by Crippen LogP contribution is 2.31. The molecule has 18 heavy (non-hydrogen) atoms. The third kappa shape index (κ3) is 2.86. The minimum atomic E-state index is -0.709. The van der Waals surface area contributed by atoms with Gasteiger partial charge in [-0.05, 0) is 25.3 Å². The topological polar surface area (TPSA) is 49.8 Å². The molecule has 0 amide bonds. The second-order valence-corrected chi connectivity index (χ2v) is 5.81. The molecule has 0 aromatic heterocycles. The van der Waals surface area contributed by atoms with Gasteiger partial charge in [0.05, 0.1) is 19.1 Å². The highest BCUT2D eigenvalue weighted by Gasteiger charge is 2.40. The highest BCUT2D eigenvalue weighted by molar-refractivity contribution is 5.71. The van der Waals surface area contributed by atoms with Crippen molar-refractivity contribution in [2.24, 2.45) is 11.8 Å². The van der Waals surface area contributed by atoms with Crippen molar-refractivity contribution >= 4 is 5.97 Å². The Labute approximate surface area is 109 Å². The Morgan fingerprint density at radius 2 is 2.17 bits per heavy atom. The van der Waals surface area contributed by atoms with Crippen molar-refractivity contribution in [2.75, 3.05) is 19.8 Å². The SMILES string of the molecule is CCN(C1CCCC(C)C1)C1COCC1C(=O)O. The summed E-state index contributed by atoms with van der Waals surface area (Å²) in [7, 11) is 0. The van der Waals surface area contributed by atoms with Crippen molar-refractivity contribution < 1.29 is 14.6 Å². The Balaban J connectivity index is 2.05. The summed E-state index contributed by atoms with van der Waals surface area (Å²) in [6.45, 7) is 6.32. The number of nitrogens with zero attached hydrogens (tertiary/aromatic N) is 1. The highest BCUT2D eigenvalue weighted by atomic mass is 16.5. The number of likely N-dealkylation sites (N-methyl/N-ethyl adjacent to an activating group) is 1. The van der Waals surface area contributed by atoms with Crippen molar-refractivity contribution in [1.29, 1.82) is 0 Å². The van der Waals surface area contributed by atoms with Crippen molar-refractivity contribution in [3.63, 3.8) is 0 Å². The molecule has 1 saturated heterocycles. The van der Waals surface area contributed by atoms with Gasteiger partial charge in [0.1, 0.15) is 0 Å². The molecule has 2 rings (SSSR count). The maximum atomic E-state index is 11.3. The molecule has 4 atom stereocenters. The second-order valence-electron chi connectivity index (χ2n) is 5.81. The Bertz CT molecular complexity index is 295. The lowest BCUT2D eigenvalue weighted by atomic mass is 9.85. The monoisotopic (exact) mass is 255 g/mol. The molecule has 0 aromatic rings. The van der Waals surface area contributed by atoms with Crippen molar-refractivity contribution in [1.82, 2.24) is 4.90 Å². The minimum absolute atomic E-state index is 0.0720. The van der Waals surface area contributed by atoms with Crippen LogP contribution in [0.25, 0.3) is 0 Å². The van der Waals surface area contributed by atoms with Crippen LogP contribution in [-0.4, -0.2) is 47.8 Å². The molecule has 4 nitrogen and oxygen atoms in total. The number of carboxylic acid groups (broad SMARTS) is 1. The summed E-state index contributed by atoms with van der Waals surface area (Å²) in [5.74, 6) is -0.287. The van der Waals surface area contributed by atoms with Crippen LogP contribution in [0.15, 0.2) is 0 Å². The average molecular weight is 255 g/mol. The van der Waals surface area contributed by atoms with Gasteiger partial charge in [0, 0.05) is 12.1 Å². The number of carboxylic acids is 1. The fourth-order valence-corrected chi connectivity index (χ4v) is 3.57. The molecule has 2 fully saturated rings. The van der Waals surface area contributed by atoms with E-state index in [1.807, 2.05) is 0 Å². The first-order chi connectivity index (χ1) is 8.63. The van der Waals surface area contributed by atoms with Crippen LogP contribution in [0.4, 0.5) is 0 Å². The van der Waals surface area contributed by atoms with Gasteiger partial charge >= 0.3 is 5.97 Å². The van der Waals surface area contributed by atoms with E-state index in [2.05, 4.69) is 18.7 Å². The molecule has 2 aliphatic rings. The van der Waals surface area contributed by atoms with E-state index in [1.165, 1.54) is 25.7 Å². The maximum absolute atomic E-state index is 11.3. The van der Waals surface area contributed by atoms with Crippen LogP contribution in [0.2, 0.25) is 0 Å². The summed E-state index contributed by atoms with van der Waals surface area (Å²) in [5.41, 5.74) is 0. The molecule has 0 spiro atoms. The molecule has 0 aromatic carbocycles. The zero-order valence-corrected chi connectivity index (χ0v) is 11.5. The van der Waals surface area contributed by atoms with Crippen LogP contribution >= 0.6 is 0 Å². The normalized spacial score (nSPS) is 37.1. The van der Waals surface area contributed by atoms with Gasteiger partial charge in [-0.1, -0.05) is 26.7 Å². The fourth-order valence-electron chi connectivity index (χ4n) is 3.57. The number of aliphatic carboxylic acids is 1. The second kappa shape index (κ2) is 6.02. The Hall–Kier alpha value is -0.610. The van der Waals surface area contributed by atoms with Crippen molar-refractivity contribution in [3.8, 4) is 0 Å². The first kappa shape index (κ1) is 13.8. The van der Waals surface area contributed by atoms with E-state index in [-0.39, 0.29) is 12.0 Å². The lowest BCUT2D eigenvalue weighted by molar-refractivity contribution is -0.143. The Kier molecular flexibility index (Phi) is 4.62. The van der Waals surface area contributed by atoms with Crippen molar-refractivity contribution in [2.45, 2.75) is 51.6 Å². The zero-order chi connectivity index (χ0) is 13.1. The summed E-state index contributed by atoms with van der Waals surface area (Å²) in [5, 5.41) is 9.27. The van der Waals surface area contributed by atoms with E-state index in [0.717, 1.165) is 12.5 Å². The van der Waals surface area contributed by atoms with Gasteiger partial charge in [0.2, 0.25) is 0 Å². The largest absolute Gasteiger partial charge is 0.481 e. The predicted octanol–water partition coefficient (Wildman–Crippen LogP) is 1.99. The quantitative estimate of drug-likeness (QED) is 0.834. The van der Waals surface area contributed by atoms with E-state index in [4.69, 9.17) is 4.74 Å². The van der Waals surface area contributed by atoms with Crippen LogP contribution in [0.3, 0.4) is 0 Å². The third-order valence-corrected chi connectivity index (χ3v) is 4.54. The molecular formula is C14H25NO3. The fraction of sp³-hybridized carbons (Fsp3) is 0.929. The summed E-state index contributed by atoms with van der Waals surface area (Å²) in [6, 6.07) is 0.620. The van der Waals surface area contributed by atoms with Gasteiger partial charge in [-0.25, -0.2) is 0 Å². The van der Waals surface area contributed by atoms with E-state index in [0.29, 0.717) is 19.3 Å². The van der Waals surface area contributed by atoms with Crippen LogP contribution in [-0.2, 0) is 9.53 Å². The lowest BCUT2D eigenvalue weighted by Gasteiger charge is -2.40. The summed E-state index contributed by atoms with van der Waals surface area (Å²) in [4.78, 5) is 13.7. The number of carbonyl (C=O) groups is 1. The molecule has 104 valence electrons. The number of ether oxygens (including phenoxy) is 1. The molecular weight excluding hydrogens is 230 g/mol. The predicted molar refractivity (Wildman–Crippen MR) is 69.5 cm³/mol. The van der Waals surface area contributed by atoms with Gasteiger partial charge in [-0.3, -0.25) is 9.69 Å². The maximum Gasteiger partial charge on any atom is 0.310 e. The molecule has 1 N–H and O–H groups in total. The van der Waals surface area contributed by atoms with Crippen LogP contribution in [0.5, 0.6) is 0 Å². The van der Waals surface area contributed by atoms with Crippen molar-refractivity contribution in [3.05, 3.63) is 0 Å². The molecule has 0 bridgehead atoms. The Morgan fingerprint density at radius 1 is 1.39 bits per heavy atom. The summed E-state index contributed by atoms with van der Waals surface area (Å²) >= 11 is 0. The van der Waals surface area contributed by atoms with E-state index < -0.39 is 5.97 Å². The smallest absolute Gasteiger partial charge is 0.310 e. The number of hydrogen-bond donors (Lipinski definition) is 1. The molecule has 0 radical (unpaired) electrons. The molecule has 1 heterocycles. The molecule has 4 unspecified atom stereocenters. The summed E-state index contributed by atoms with van der Waals surface area (Å²) in [6.07, 6.45) is 5.00. The lowest BCUT2D eigenvalue weighted by Crippen LogP contribution is -2.49. The van der Waals surface area contributed by atoms with Gasteiger partial charge in [0.15, 0.2) is 0 Å². The Morgan fingerprint density at radius 3 is 2.78 bits per heavy atom.